The number of hydrogen-bond acceptors (Lipinski definition) is 3. The van der Waals surface area contributed by atoms with Gasteiger partial charge in [0, 0.05) is 30.2 Å². The van der Waals surface area contributed by atoms with Crippen molar-refractivity contribution in [2.24, 2.45) is 0 Å². The van der Waals surface area contributed by atoms with Crippen molar-refractivity contribution < 1.29 is 4.79 Å². The number of nitrogens with zero attached hydrogens (tertiary/aromatic N) is 2. The first kappa shape index (κ1) is 11.4. The van der Waals surface area contributed by atoms with Crippen molar-refractivity contribution in [2.45, 2.75) is 19.9 Å². The molecule has 0 saturated heterocycles. The fraction of sp³-hybridized carbons (Fsp3) is 0.231. The average Bonchev–Trinajstić information content (AvgIpc) is 2.76. The topological polar surface area (TPSA) is 60.9 Å². The normalized spacial score (nSPS) is 10.4. The van der Waals surface area contributed by atoms with Gasteiger partial charge in [-0.25, -0.2) is 4.98 Å². The van der Waals surface area contributed by atoms with E-state index in [1.165, 1.54) is 0 Å². The Morgan fingerprint density at radius 3 is 3.00 bits per heavy atom. The lowest BCUT2D eigenvalue weighted by atomic mass is 10.1. The third kappa shape index (κ3) is 2.53. The van der Waals surface area contributed by atoms with Gasteiger partial charge in [-0.1, -0.05) is 12.1 Å². The van der Waals surface area contributed by atoms with E-state index in [0.29, 0.717) is 17.7 Å². The van der Waals surface area contributed by atoms with Crippen LogP contribution in [0.5, 0.6) is 0 Å². The number of nitrogens with two attached hydrogens (primary N) is 1. The van der Waals surface area contributed by atoms with Crippen molar-refractivity contribution in [3.63, 3.8) is 0 Å². The number of aryl methyl sites for hydroxylation is 1. The zero-order valence-corrected chi connectivity index (χ0v) is 9.76. The molecular weight excluding hydrogens is 214 g/mol. The van der Waals surface area contributed by atoms with E-state index < -0.39 is 0 Å². The number of carbonyl (C=O) groups excluding carboxylic acids is 1. The highest BCUT2D eigenvalue weighted by Gasteiger charge is 2.10. The molecule has 1 aromatic carbocycles. The number of ketones is 1. The summed E-state index contributed by atoms with van der Waals surface area (Å²) >= 11 is 0. The van der Waals surface area contributed by atoms with Crippen LogP contribution in [0.3, 0.4) is 0 Å². The molecule has 2 rings (SSSR count). The molecule has 2 aromatic rings. The zero-order valence-electron chi connectivity index (χ0n) is 9.76. The van der Waals surface area contributed by atoms with E-state index in [0.717, 1.165) is 12.4 Å². The molecule has 0 saturated carbocycles. The number of carbonyl (C=O) groups is 1. The molecule has 0 spiro atoms. The Balaban J connectivity index is 2.17. The van der Waals surface area contributed by atoms with Gasteiger partial charge in [0.25, 0.3) is 0 Å². The molecule has 0 aliphatic heterocycles. The van der Waals surface area contributed by atoms with Crippen LogP contribution in [0, 0.1) is 0 Å². The molecule has 88 valence electrons. The number of benzene rings is 1. The minimum atomic E-state index is 0.0400. The Morgan fingerprint density at radius 1 is 1.47 bits per heavy atom. The number of anilines is 1. The second-order valence-corrected chi connectivity index (χ2v) is 3.85. The molecule has 4 nitrogen and oxygen atoms in total. The molecule has 4 heteroatoms. The quantitative estimate of drug-likeness (QED) is 0.643. The van der Waals surface area contributed by atoms with Crippen molar-refractivity contribution in [3.05, 3.63) is 48.0 Å². The van der Waals surface area contributed by atoms with E-state index in [-0.39, 0.29) is 5.78 Å². The third-order valence-corrected chi connectivity index (χ3v) is 2.67. The summed E-state index contributed by atoms with van der Waals surface area (Å²) in [5.41, 5.74) is 6.89. The van der Waals surface area contributed by atoms with E-state index in [2.05, 4.69) is 4.98 Å². The lowest BCUT2D eigenvalue weighted by Crippen LogP contribution is -2.09. The van der Waals surface area contributed by atoms with Crippen LogP contribution in [0.25, 0.3) is 0 Å². The van der Waals surface area contributed by atoms with Gasteiger partial charge in [0.1, 0.15) is 5.82 Å². The minimum absolute atomic E-state index is 0.0400. The van der Waals surface area contributed by atoms with Gasteiger partial charge in [-0.2, -0.15) is 0 Å². The summed E-state index contributed by atoms with van der Waals surface area (Å²) in [6.07, 6.45) is 3.90. The van der Waals surface area contributed by atoms with Crippen molar-refractivity contribution >= 4 is 11.5 Å². The highest BCUT2D eigenvalue weighted by molar-refractivity contribution is 5.97. The Bertz CT molecular complexity index is 531. The molecule has 0 amide bonds. The van der Waals surface area contributed by atoms with E-state index in [1.807, 2.05) is 17.7 Å². The van der Waals surface area contributed by atoms with Crippen molar-refractivity contribution in [1.82, 2.24) is 9.55 Å². The van der Waals surface area contributed by atoms with Gasteiger partial charge in [-0.05, 0) is 19.1 Å². The predicted molar refractivity (Wildman–Crippen MR) is 66.8 cm³/mol. The van der Waals surface area contributed by atoms with Gasteiger partial charge >= 0.3 is 0 Å². The fourth-order valence-electron chi connectivity index (χ4n) is 1.75. The molecule has 0 radical (unpaired) electrons. The molecule has 0 aliphatic rings. The molecule has 17 heavy (non-hydrogen) atoms. The molecule has 0 aliphatic carbocycles. The van der Waals surface area contributed by atoms with Crippen LogP contribution < -0.4 is 5.73 Å². The number of Topliss-reactive ketones (excluding diaryl/α,β-unsaturated/α-hetero) is 1. The number of rotatable bonds is 4. The summed E-state index contributed by atoms with van der Waals surface area (Å²) in [4.78, 5) is 16.2. The highest BCUT2D eigenvalue weighted by atomic mass is 16.1. The minimum Gasteiger partial charge on any atom is -0.399 e. The molecule has 2 N–H and O–H groups in total. The third-order valence-electron chi connectivity index (χ3n) is 2.67. The molecule has 0 unspecified atom stereocenters. The molecular formula is C13H15N3O. The van der Waals surface area contributed by atoms with E-state index in [9.17, 15) is 4.79 Å². The predicted octanol–water partition coefficient (Wildman–Crippen LogP) is 1.91. The summed E-state index contributed by atoms with van der Waals surface area (Å²) in [7, 11) is 0. The number of imidazole rings is 1. The second-order valence-electron chi connectivity index (χ2n) is 3.85. The van der Waals surface area contributed by atoms with Crippen molar-refractivity contribution in [3.8, 4) is 0 Å². The lowest BCUT2D eigenvalue weighted by molar-refractivity contribution is 0.0990. The summed E-state index contributed by atoms with van der Waals surface area (Å²) in [6, 6.07) is 7.03. The summed E-state index contributed by atoms with van der Waals surface area (Å²) in [6.45, 7) is 2.84. The highest BCUT2D eigenvalue weighted by Crippen LogP contribution is 2.10. The van der Waals surface area contributed by atoms with Crippen LogP contribution in [-0.2, 0) is 13.0 Å². The van der Waals surface area contributed by atoms with E-state index >= 15 is 0 Å². The van der Waals surface area contributed by atoms with Gasteiger partial charge in [0.15, 0.2) is 5.78 Å². The molecule has 0 atom stereocenters. The monoisotopic (exact) mass is 229 g/mol. The van der Waals surface area contributed by atoms with Crippen LogP contribution in [0.4, 0.5) is 5.69 Å². The first-order chi connectivity index (χ1) is 8.20. The fourth-order valence-corrected chi connectivity index (χ4v) is 1.75. The SMILES string of the molecule is CCn1ccnc1CC(=O)c1cccc(N)c1. The summed E-state index contributed by atoms with van der Waals surface area (Å²) in [5.74, 6) is 0.832. The van der Waals surface area contributed by atoms with Gasteiger partial charge in [0.2, 0.25) is 0 Å². The van der Waals surface area contributed by atoms with Gasteiger partial charge in [-0.3, -0.25) is 4.79 Å². The second kappa shape index (κ2) is 4.82. The van der Waals surface area contributed by atoms with Gasteiger partial charge in [-0.15, -0.1) is 0 Å². The lowest BCUT2D eigenvalue weighted by Gasteiger charge is -2.04. The summed E-state index contributed by atoms with van der Waals surface area (Å²) in [5, 5.41) is 0. The number of nitrogen functional groups attached to an aromatic ring is 1. The maximum Gasteiger partial charge on any atom is 0.170 e. The van der Waals surface area contributed by atoms with E-state index in [1.54, 1.807) is 30.5 Å². The summed E-state index contributed by atoms with van der Waals surface area (Å²) < 4.78 is 1.96. The van der Waals surface area contributed by atoms with Crippen molar-refractivity contribution in [1.29, 1.82) is 0 Å². The van der Waals surface area contributed by atoms with Crippen LogP contribution in [0.2, 0.25) is 0 Å². The van der Waals surface area contributed by atoms with Crippen LogP contribution >= 0.6 is 0 Å². The van der Waals surface area contributed by atoms with E-state index in [4.69, 9.17) is 5.73 Å². The maximum atomic E-state index is 12.0. The maximum absolute atomic E-state index is 12.0. The Labute approximate surface area is 100 Å². The first-order valence-electron chi connectivity index (χ1n) is 5.59. The average molecular weight is 229 g/mol. The van der Waals surface area contributed by atoms with Crippen LogP contribution in [-0.4, -0.2) is 15.3 Å². The molecule has 0 bridgehead atoms. The first-order valence-corrected chi connectivity index (χ1v) is 5.59. The van der Waals surface area contributed by atoms with Crippen LogP contribution in [0.15, 0.2) is 36.7 Å². The molecule has 1 heterocycles. The molecule has 1 aromatic heterocycles. The Kier molecular flexibility index (Phi) is 3.23. The molecule has 0 fully saturated rings. The van der Waals surface area contributed by atoms with Crippen LogP contribution in [0.1, 0.15) is 23.1 Å². The Hall–Kier alpha value is -2.10. The largest absolute Gasteiger partial charge is 0.399 e. The van der Waals surface area contributed by atoms with Crippen molar-refractivity contribution in [2.75, 3.05) is 5.73 Å². The zero-order chi connectivity index (χ0) is 12.3. The number of aromatic nitrogens is 2. The number of hydrogen-bond donors (Lipinski definition) is 1. The standard InChI is InChI=1S/C13H15N3O/c1-2-16-7-6-15-13(16)9-12(17)10-4-3-5-11(14)8-10/h3-8H,2,9,14H2,1H3. The van der Waals surface area contributed by atoms with Gasteiger partial charge in [0.05, 0.1) is 6.42 Å². The van der Waals surface area contributed by atoms with Gasteiger partial charge < -0.3 is 10.3 Å². The Morgan fingerprint density at radius 2 is 2.29 bits per heavy atom. The smallest absolute Gasteiger partial charge is 0.170 e.